The normalized spacial score (nSPS) is 26.7. The van der Waals surface area contributed by atoms with Crippen LogP contribution in [0.1, 0.15) is 18.2 Å². The van der Waals surface area contributed by atoms with E-state index in [0.717, 1.165) is 16.2 Å². The van der Waals surface area contributed by atoms with Crippen molar-refractivity contribution in [1.82, 2.24) is 9.55 Å². The quantitative estimate of drug-likeness (QED) is 0.268. The van der Waals surface area contributed by atoms with Crippen molar-refractivity contribution in [2.24, 2.45) is 0 Å². The molecule has 3 aromatic rings. The van der Waals surface area contributed by atoms with E-state index >= 15 is 0 Å². The highest BCUT2D eigenvalue weighted by Gasteiger charge is 2.54. The lowest BCUT2D eigenvalue weighted by Crippen LogP contribution is -2.36. The zero-order chi connectivity index (χ0) is 29.2. The van der Waals surface area contributed by atoms with Crippen LogP contribution in [0.25, 0.3) is 0 Å². The highest BCUT2D eigenvalue weighted by molar-refractivity contribution is 7.69. The molecule has 220 valence electrons. The van der Waals surface area contributed by atoms with Gasteiger partial charge < -0.3 is 28.7 Å². The number of phosphoric ester groups is 1. The van der Waals surface area contributed by atoms with Crippen molar-refractivity contribution in [2.75, 3.05) is 13.7 Å². The molecule has 0 saturated carbocycles. The maximum Gasteiger partial charge on any atom is 0.479 e. The minimum atomic E-state index is -5.10. The van der Waals surface area contributed by atoms with E-state index in [2.05, 4.69) is 9.29 Å². The molecule has 2 aliphatic heterocycles. The number of hydrogen-bond acceptors (Lipinski definition) is 10. The number of methoxy groups -OCH3 is 1. The minimum Gasteiger partial charge on any atom is -0.497 e. The van der Waals surface area contributed by atoms with Gasteiger partial charge in [0.05, 0.1) is 19.0 Å². The number of aromatic nitrogens is 2. The maximum absolute atomic E-state index is 12.7. The largest absolute Gasteiger partial charge is 0.497 e. The van der Waals surface area contributed by atoms with Crippen LogP contribution in [-0.2, 0) is 38.6 Å². The molecule has 5 rings (SSSR count). The van der Waals surface area contributed by atoms with Crippen LogP contribution in [0.4, 0.5) is 0 Å². The SMILES string of the molecule is COc1ccc(P(=O)(O)OP(=O)(O)OCC2OC(n3ccc(=O)[nH]c3=O)C3OC(CCc4ccccc4)OC23)cc1. The second-order valence-electron chi connectivity index (χ2n) is 9.30. The van der Waals surface area contributed by atoms with Gasteiger partial charge >= 0.3 is 21.1 Å². The molecule has 16 heteroatoms. The number of aryl methyl sites for hydroxylation is 1. The number of nitrogens with one attached hydrogen (secondary N) is 1. The van der Waals surface area contributed by atoms with E-state index in [1.165, 1.54) is 37.6 Å². The summed E-state index contributed by atoms with van der Waals surface area (Å²) in [6, 6.07) is 16.0. The molecule has 1 aromatic heterocycles. The molecule has 41 heavy (non-hydrogen) atoms. The van der Waals surface area contributed by atoms with Crippen molar-refractivity contribution >= 4 is 20.7 Å². The van der Waals surface area contributed by atoms with Crippen molar-refractivity contribution < 1.29 is 46.7 Å². The van der Waals surface area contributed by atoms with E-state index in [9.17, 15) is 28.5 Å². The standard InChI is InChI=1S/C25H28N2O12P2/c1-34-17-8-10-18(11-9-17)40(30,31)39-41(32,33)35-15-19-22-23(24(36-19)27-14-13-20(28)26-25(27)29)38-21(37-22)12-7-16-5-3-2-4-6-16/h2-6,8-11,13-14,19,21-24H,7,12,15H2,1H3,(H,30,31)(H,32,33)(H,26,28,29). The van der Waals surface area contributed by atoms with Crippen molar-refractivity contribution in [2.45, 2.75) is 43.7 Å². The minimum absolute atomic E-state index is 0.250. The van der Waals surface area contributed by atoms with Crippen LogP contribution in [0.2, 0.25) is 0 Å². The van der Waals surface area contributed by atoms with E-state index in [1.54, 1.807) is 0 Å². The van der Waals surface area contributed by atoms with Gasteiger partial charge in [-0.1, -0.05) is 30.3 Å². The Morgan fingerprint density at radius 3 is 2.34 bits per heavy atom. The molecule has 3 N–H and O–H groups in total. The van der Waals surface area contributed by atoms with Crippen LogP contribution >= 0.6 is 15.4 Å². The average molecular weight is 610 g/mol. The average Bonchev–Trinajstić information content (AvgIpc) is 3.50. The first kappa shape index (κ1) is 29.6. The molecule has 7 unspecified atom stereocenters. The number of benzene rings is 2. The van der Waals surface area contributed by atoms with Crippen molar-refractivity contribution in [3.63, 3.8) is 0 Å². The molecule has 14 nitrogen and oxygen atoms in total. The Kier molecular flexibility index (Phi) is 8.76. The van der Waals surface area contributed by atoms with Gasteiger partial charge in [-0.05, 0) is 36.2 Å². The first-order valence-electron chi connectivity index (χ1n) is 12.5. The summed E-state index contributed by atoms with van der Waals surface area (Å²) >= 11 is 0. The number of nitrogens with zero attached hydrogens (tertiary/aromatic N) is 1. The molecule has 2 aliphatic rings. The number of fused-ring (bicyclic) bond motifs is 1. The van der Waals surface area contributed by atoms with Gasteiger partial charge in [0.2, 0.25) is 0 Å². The van der Waals surface area contributed by atoms with E-state index in [-0.39, 0.29) is 5.30 Å². The smallest absolute Gasteiger partial charge is 0.479 e. The Bertz CT molecular complexity index is 1560. The number of rotatable bonds is 11. The van der Waals surface area contributed by atoms with Crippen LogP contribution in [0, 0.1) is 0 Å². The number of aromatic amines is 1. The molecule has 0 aliphatic carbocycles. The monoisotopic (exact) mass is 610 g/mol. The second-order valence-corrected chi connectivity index (χ2v) is 12.7. The molecule has 7 atom stereocenters. The predicted molar refractivity (Wildman–Crippen MR) is 143 cm³/mol. The summed E-state index contributed by atoms with van der Waals surface area (Å²) in [5.41, 5.74) is -0.297. The fraction of sp³-hybridized carbons (Fsp3) is 0.360. The van der Waals surface area contributed by atoms with Crippen LogP contribution < -0.4 is 21.3 Å². The fourth-order valence-electron chi connectivity index (χ4n) is 4.60. The van der Waals surface area contributed by atoms with Crippen molar-refractivity contribution in [3.8, 4) is 5.75 Å². The fourth-order valence-corrected chi connectivity index (χ4v) is 7.15. The third-order valence-electron chi connectivity index (χ3n) is 6.55. The molecule has 0 radical (unpaired) electrons. The van der Waals surface area contributed by atoms with Crippen molar-refractivity contribution in [1.29, 1.82) is 0 Å². The second kappa shape index (κ2) is 12.1. The third-order valence-corrected chi connectivity index (χ3v) is 9.69. The Hall–Kier alpha value is -2.90. The highest BCUT2D eigenvalue weighted by Crippen LogP contribution is 2.59. The third kappa shape index (κ3) is 6.95. The Morgan fingerprint density at radius 1 is 0.951 bits per heavy atom. The maximum atomic E-state index is 12.7. The number of ether oxygens (including phenoxy) is 4. The molecule has 2 aromatic carbocycles. The zero-order valence-electron chi connectivity index (χ0n) is 21.7. The van der Waals surface area contributed by atoms with Gasteiger partial charge in [0, 0.05) is 18.7 Å². The Labute approximate surface area is 233 Å². The van der Waals surface area contributed by atoms with Gasteiger partial charge in [0.1, 0.15) is 24.1 Å². The number of hydrogen-bond donors (Lipinski definition) is 3. The molecule has 3 heterocycles. The van der Waals surface area contributed by atoms with Gasteiger partial charge in [0.25, 0.3) is 5.56 Å². The summed E-state index contributed by atoms with van der Waals surface area (Å²) in [5, 5.41) is -0.250. The summed E-state index contributed by atoms with van der Waals surface area (Å²) in [6.45, 7) is -0.610. The first-order chi connectivity index (χ1) is 19.5. The molecule has 0 spiro atoms. The van der Waals surface area contributed by atoms with Crippen molar-refractivity contribution in [3.05, 3.63) is 93.3 Å². The Balaban J connectivity index is 1.29. The number of phosphoric acid groups is 1. The summed E-state index contributed by atoms with van der Waals surface area (Å²) in [5.74, 6) is 0.405. The lowest BCUT2D eigenvalue weighted by atomic mass is 10.1. The van der Waals surface area contributed by atoms with Crippen LogP contribution in [-0.4, -0.2) is 57.7 Å². The summed E-state index contributed by atoms with van der Waals surface area (Å²) in [6.07, 6.45) is -2.15. The Morgan fingerprint density at radius 2 is 1.66 bits per heavy atom. The highest BCUT2D eigenvalue weighted by atomic mass is 31.3. The van der Waals surface area contributed by atoms with E-state index in [4.69, 9.17) is 23.5 Å². The van der Waals surface area contributed by atoms with Crippen LogP contribution in [0.3, 0.4) is 0 Å². The molecule has 0 bridgehead atoms. The number of H-pyrrole nitrogens is 1. The lowest BCUT2D eigenvalue weighted by Gasteiger charge is -2.22. The van der Waals surface area contributed by atoms with Gasteiger partial charge in [-0.2, -0.15) is 0 Å². The summed E-state index contributed by atoms with van der Waals surface area (Å²) < 4.78 is 59.2. The van der Waals surface area contributed by atoms with Gasteiger partial charge in [-0.3, -0.25) is 23.4 Å². The zero-order valence-corrected chi connectivity index (χ0v) is 23.5. The van der Waals surface area contributed by atoms with Gasteiger partial charge in [-0.15, -0.1) is 0 Å². The van der Waals surface area contributed by atoms with Gasteiger partial charge in [-0.25, -0.2) is 13.7 Å². The van der Waals surface area contributed by atoms with E-state index in [0.29, 0.717) is 18.6 Å². The van der Waals surface area contributed by atoms with Crippen LogP contribution in [0.5, 0.6) is 5.75 Å². The molecule has 2 fully saturated rings. The molecule has 0 amide bonds. The van der Waals surface area contributed by atoms with Crippen LogP contribution in [0.15, 0.2) is 76.4 Å². The van der Waals surface area contributed by atoms with E-state index < -0.39 is 64.1 Å². The summed E-state index contributed by atoms with van der Waals surface area (Å²) in [7, 11) is -8.45. The molecular weight excluding hydrogens is 582 g/mol. The lowest BCUT2D eigenvalue weighted by molar-refractivity contribution is -0.153. The first-order valence-corrected chi connectivity index (χ1v) is 15.6. The molecular formula is C25H28N2O12P2. The van der Waals surface area contributed by atoms with E-state index in [1.807, 2.05) is 30.3 Å². The molecule has 2 saturated heterocycles. The summed E-state index contributed by atoms with van der Waals surface area (Å²) in [4.78, 5) is 46.8. The topological polar surface area (TPSA) is 185 Å². The van der Waals surface area contributed by atoms with Gasteiger partial charge in [0.15, 0.2) is 12.5 Å². The predicted octanol–water partition coefficient (Wildman–Crippen LogP) is 1.83.